The van der Waals surface area contributed by atoms with Gasteiger partial charge in [0.05, 0.1) is 4.88 Å². The minimum atomic E-state index is -0.375. The fourth-order valence-electron chi connectivity index (χ4n) is 1.52. The van der Waals surface area contributed by atoms with Crippen molar-refractivity contribution in [3.05, 3.63) is 56.5 Å². The van der Waals surface area contributed by atoms with Gasteiger partial charge in [0.25, 0.3) is 0 Å². The van der Waals surface area contributed by atoms with E-state index in [0.29, 0.717) is 15.5 Å². The van der Waals surface area contributed by atoms with E-state index >= 15 is 0 Å². The maximum absolute atomic E-state index is 13.0. The third-order valence-corrected chi connectivity index (χ3v) is 3.78. The van der Waals surface area contributed by atoms with Crippen molar-refractivity contribution in [2.75, 3.05) is 0 Å². The van der Waals surface area contributed by atoms with Crippen LogP contribution in [0.15, 0.2) is 30.3 Å². The van der Waals surface area contributed by atoms with E-state index in [4.69, 9.17) is 11.6 Å². The molecule has 2 aromatic rings. The second-order valence-corrected chi connectivity index (χ2v) is 5.44. The Balaban J connectivity index is 2.21. The van der Waals surface area contributed by atoms with E-state index in [2.05, 4.69) is 0 Å². The maximum Gasteiger partial charge on any atom is 0.177 e. The predicted molar refractivity (Wildman–Crippen MR) is 68.5 cm³/mol. The summed E-state index contributed by atoms with van der Waals surface area (Å²) in [7, 11) is 0. The first-order valence-electron chi connectivity index (χ1n) is 5.10. The molecule has 2 rings (SSSR count). The van der Waals surface area contributed by atoms with E-state index in [1.165, 1.54) is 29.5 Å². The summed E-state index contributed by atoms with van der Waals surface area (Å²) in [4.78, 5) is 13.7. The van der Waals surface area contributed by atoms with Crippen molar-refractivity contribution in [1.29, 1.82) is 0 Å². The van der Waals surface area contributed by atoms with E-state index in [-0.39, 0.29) is 18.0 Å². The summed E-state index contributed by atoms with van der Waals surface area (Å²) in [6.07, 6.45) is 0.135. The molecule has 0 saturated heterocycles. The number of benzene rings is 1. The number of carbonyl (C=O) groups excluding carboxylic acids is 1. The minimum Gasteiger partial charge on any atom is -0.293 e. The largest absolute Gasteiger partial charge is 0.293 e. The van der Waals surface area contributed by atoms with E-state index in [1.54, 1.807) is 6.07 Å². The Hall–Kier alpha value is -1.19. The zero-order chi connectivity index (χ0) is 12.4. The molecule has 0 bridgehead atoms. The molecular formula is C13H10ClFOS. The molecule has 1 nitrogen and oxygen atoms in total. The number of Topliss-reactive ketones (excluding diaryl/α,β-unsaturated/α-hetero) is 1. The molecule has 4 heteroatoms. The molecule has 1 aromatic carbocycles. The fourth-order valence-corrected chi connectivity index (χ4v) is 2.51. The standard InChI is InChI=1S/C13H10ClFOS/c1-8-2-5-13(17-8)12(16)7-9-6-10(15)3-4-11(9)14/h2-6H,7H2,1H3. The van der Waals surface area contributed by atoms with Crippen LogP contribution in [-0.2, 0) is 6.42 Å². The zero-order valence-corrected chi connectivity index (χ0v) is 10.7. The topological polar surface area (TPSA) is 17.1 Å². The van der Waals surface area contributed by atoms with Crippen molar-refractivity contribution in [3.8, 4) is 0 Å². The highest BCUT2D eigenvalue weighted by Crippen LogP contribution is 2.22. The first-order chi connectivity index (χ1) is 8.06. The van der Waals surface area contributed by atoms with E-state index in [1.807, 2.05) is 13.0 Å². The molecule has 0 aliphatic rings. The predicted octanol–water partition coefficient (Wildman–Crippen LogP) is 4.27. The SMILES string of the molecule is Cc1ccc(C(=O)Cc2cc(F)ccc2Cl)s1. The number of hydrogen-bond acceptors (Lipinski definition) is 2. The van der Waals surface area contributed by atoms with Gasteiger partial charge in [-0.3, -0.25) is 4.79 Å². The second kappa shape index (κ2) is 4.98. The molecule has 0 aliphatic heterocycles. The van der Waals surface area contributed by atoms with Crippen molar-refractivity contribution in [1.82, 2.24) is 0 Å². The van der Waals surface area contributed by atoms with Crippen molar-refractivity contribution >= 4 is 28.7 Å². The molecule has 0 spiro atoms. The lowest BCUT2D eigenvalue weighted by Gasteiger charge is -2.02. The van der Waals surface area contributed by atoms with Gasteiger partial charge in [-0.1, -0.05) is 11.6 Å². The Morgan fingerprint density at radius 1 is 1.35 bits per heavy atom. The molecule has 0 unspecified atom stereocenters. The summed E-state index contributed by atoms with van der Waals surface area (Å²) < 4.78 is 13.0. The van der Waals surface area contributed by atoms with Gasteiger partial charge in [0.15, 0.2) is 5.78 Å². The first-order valence-corrected chi connectivity index (χ1v) is 6.29. The maximum atomic E-state index is 13.0. The molecular weight excluding hydrogens is 259 g/mol. The number of thiophene rings is 1. The van der Waals surface area contributed by atoms with E-state index < -0.39 is 0 Å². The van der Waals surface area contributed by atoms with Gasteiger partial charge in [-0.05, 0) is 42.8 Å². The average molecular weight is 269 g/mol. The Morgan fingerprint density at radius 2 is 2.12 bits per heavy atom. The van der Waals surface area contributed by atoms with Crippen molar-refractivity contribution in [2.45, 2.75) is 13.3 Å². The zero-order valence-electron chi connectivity index (χ0n) is 9.17. The van der Waals surface area contributed by atoms with Gasteiger partial charge < -0.3 is 0 Å². The van der Waals surface area contributed by atoms with Crippen LogP contribution in [0.4, 0.5) is 4.39 Å². The summed E-state index contributed by atoms with van der Waals surface area (Å²) in [6.45, 7) is 1.94. The summed E-state index contributed by atoms with van der Waals surface area (Å²) in [6, 6.07) is 7.74. The summed E-state index contributed by atoms with van der Waals surface area (Å²) in [5.74, 6) is -0.407. The van der Waals surface area contributed by atoms with Crippen LogP contribution in [0, 0.1) is 12.7 Å². The fraction of sp³-hybridized carbons (Fsp3) is 0.154. The van der Waals surface area contributed by atoms with Crippen molar-refractivity contribution in [2.24, 2.45) is 0 Å². The lowest BCUT2D eigenvalue weighted by Crippen LogP contribution is -2.02. The van der Waals surface area contributed by atoms with Gasteiger partial charge in [-0.15, -0.1) is 11.3 Å². The molecule has 17 heavy (non-hydrogen) atoms. The molecule has 0 atom stereocenters. The molecule has 0 amide bonds. The minimum absolute atomic E-state index is 0.0319. The second-order valence-electron chi connectivity index (χ2n) is 3.75. The Bertz CT molecular complexity index is 562. The number of carbonyl (C=O) groups is 1. The highest BCUT2D eigenvalue weighted by Gasteiger charge is 2.12. The lowest BCUT2D eigenvalue weighted by molar-refractivity contribution is 0.0997. The van der Waals surface area contributed by atoms with Crippen LogP contribution in [-0.4, -0.2) is 5.78 Å². The third kappa shape index (κ3) is 2.93. The van der Waals surface area contributed by atoms with Crippen LogP contribution in [0.25, 0.3) is 0 Å². The molecule has 0 fully saturated rings. The highest BCUT2D eigenvalue weighted by molar-refractivity contribution is 7.14. The van der Waals surface area contributed by atoms with Crippen LogP contribution in [0.1, 0.15) is 20.1 Å². The number of rotatable bonds is 3. The molecule has 1 aromatic heterocycles. The Kier molecular flexibility index (Phi) is 3.60. The van der Waals surface area contributed by atoms with Gasteiger partial charge in [0.2, 0.25) is 0 Å². The van der Waals surface area contributed by atoms with Crippen LogP contribution < -0.4 is 0 Å². The molecule has 0 radical (unpaired) electrons. The normalized spacial score (nSPS) is 10.5. The van der Waals surface area contributed by atoms with Crippen LogP contribution in [0.3, 0.4) is 0 Å². The van der Waals surface area contributed by atoms with Gasteiger partial charge in [0.1, 0.15) is 5.82 Å². The van der Waals surface area contributed by atoms with Gasteiger partial charge in [-0.25, -0.2) is 4.39 Å². The highest BCUT2D eigenvalue weighted by atomic mass is 35.5. The smallest absolute Gasteiger partial charge is 0.177 e. The van der Waals surface area contributed by atoms with Crippen LogP contribution in [0.2, 0.25) is 5.02 Å². The van der Waals surface area contributed by atoms with Gasteiger partial charge in [-0.2, -0.15) is 0 Å². The molecule has 88 valence electrons. The van der Waals surface area contributed by atoms with Crippen LogP contribution in [0.5, 0.6) is 0 Å². The molecule has 0 N–H and O–H groups in total. The lowest BCUT2D eigenvalue weighted by atomic mass is 10.1. The number of halogens is 2. The number of hydrogen-bond donors (Lipinski definition) is 0. The van der Waals surface area contributed by atoms with E-state index in [0.717, 1.165) is 4.88 Å². The Labute approximate surface area is 108 Å². The number of ketones is 1. The quantitative estimate of drug-likeness (QED) is 0.760. The summed E-state index contributed by atoms with van der Waals surface area (Å²) in [5, 5.41) is 0.424. The number of aryl methyl sites for hydroxylation is 1. The van der Waals surface area contributed by atoms with Crippen molar-refractivity contribution < 1.29 is 9.18 Å². The Morgan fingerprint density at radius 3 is 2.76 bits per heavy atom. The monoisotopic (exact) mass is 268 g/mol. The van der Waals surface area contributed by atoms with Crippen LogP contribution >= 0.6 is 22.9 Å². The van der Waals surface area contributed by atoms with Gasteiger partial charge >= 0.3 is 0 Å². The third-order valence-electron chi connectivity index (χ3n) is 2.37. The molecule has 1 heterocycles. The first kappa shape index (κ1) is 12.3. The van der Waals surface area contributed by atoms with Gasteiger partial charge in [0, 0.05) is 16.3 Å². The van der Waals surface area contributed by atoms with Crippen molar-refractivity contribution in [3.63, 3.8) is 0 Å². The average Bonchev–Trinajstić information content (AvgIpc) is 2.70. The summed E-state index contributed by atoms with van der Waals surface area (Å²) >= 11 is 7.36. The molecule has 0 aliphatic carbocycles. The van der Waals surface area contributed by atoms with E-state index in [9.17, 15) is 9.18 Å². The molecule has 0 saturated carbocycles. The summed E-state index contributed by atoms with van der Waals surface area (Å²) in [5.41, 5.74) is 0.530.